The molecule has 6 rings (SSSR count). The normalized spacial score (nSPS) is 15.7. The molecule has 2 aromatic carbocycles. The van der Waals surface area contributed by atoms with Gasteiger partial charge in [-0.2, -0.15) is 5.10 Å². The maximum absolute atomic E-state index is 13.0. The number of oxazole rings is 1. The second-order valence-corrected chi connectivity index (χ2v) is 8.22. The minimum Gasteiger partial charge on any atom is -0.440 e. The Bertz CT molecular complexity index is 1230. The molecule has 2 heterocycles. The van der Waals surface area contributed by atoms with Gasteiger partial charge in [-0.3, -0.25) is 9.89 Å². The topological polar surface area (TPSA) is 96.7 Å². The Labute approximate surface area is 178 Å². The largest absolute Gasteiger partial charge is 0.440 e. The van der Waals surface area contributed by atoms with Crippen molar-refractivity contribution in [2.75, 3.05) is 5.32 Å². The molecule has 2 N–H and O–H groups in total. The van der Waals surface area contributed by atoms with E-state index in [-0.39, 0.29) is 11.8 Å². The average molecular weight is 411 g/mol. The number of benzene rings is 2. The molecule has 2 aliphatic rings. The lowest BCUT2D eigenvalue weighted by Gasteiger charge is -2.05. The van der Waals surface area contributed by atoms with Gasteiger partial charge in [0.1, 0.15) is 11.6 Å². The quantitative estimate of drug-likeness (QED) is 0.458. The van der Waals surface area contributed by atoms with Crippen LogP contribution in [0.15, 0.2) is 59.0 Å². The summed E-state index contributed by atoms with van der Waals surface area (Å²) in [6, 6.07) is 17.2. The first kappa shape index (κ1) is 18.1. The van der Waals surface area contributed by atoms with Crippen molar-refractivity contribution in [1.29, 1.82) is 0 Å². The van der Waals surface area contributed by atoms with E-state index in [1.54, 1.807) is 0 Å². The molecule has 31 heavy (non-hydrogen) atoms. The molecule has 0 unspecified atom stereocenters. The minimum atomic E-state index is -0.255. The predicted molar refractivity (Wildman–Crippen MR) is 116 cm³/mol. The molecule has 2 aromatic heterocycles. The zero-order valence-electron chi connectivity index (χ0n) is 16.8. The second kappa shape index (κ2) is 7.19. The summed E-state index contributed by atoms with van der Waals surface area (Å²) < 4.78 is 6.00. The number of hydrogen-bond donors (Lipinski definition) is 2. The highest BCUT2D eigenvalue weighted by Gasteiger charge is 2.34. The minimum absolute atomic E-state index is 0.255. The number of amides is 1. The van der Waals surface area contributed by atoms with Crippen LogP contribution in [0.5, 0.6) is 0 Å². The fraction of sp³-hybridized carbons (Fsp3) is 0.250. The smallest absolute Gasteiger partial charge is 0.277 e. The van der Waals surface area contributed by atoms with Crippen LogP contribution < -0.4 is 5.32 Å². The molecule has 2 aliphatic carbocycles. The summed E-state index contributed by atoms with van der Waals surface area (Å²) in [6.07, 6.45) is 4.41. The molecule has 0 bridgehead atoms. The molecule has 2 saturated carbocycles. The number of aromatic amines is 1. The van der Waals surface area contributed by atoms with E-state index in [0.29, 0.717) is 34.8 Å². The van der Waals surface area contributed by atoms with Crippen molar-refractivity contribution in [3.8, 4) is 22.8 Å². The third kappa shape index (κ3) is 3.63. The maximum Gasteiger partial charge on any atom is 0.277 e. The molecule has 0 saturated heterocycles. The van der Waals surface area contributed by atoms with Gasteiger partial charge in [0.2, 0.25) is 5.89 Å². The fourth-order valence-corrected chi connectivity index (χ4v) is 3.66. The molecule has 7 heteroatoms. The van der Waals surface area contributed by atoms with Crippen molar-refractivity contribution >= 4 is 11.6 Å². The molecule has 0 spiro atoms. The number of carbonyl (C=O) groups is 1. The van der Waals surface area contributed by atoms with Gasteiger partial charge in [0, 0.05) is 28.7 Å². The summed E-state index contributed by atoms with van der Waals surface area (Å²) in [5, 5.41) is 10.3. The summed E-state index contributed by atoms with van der Waals surface area (Å²) >= 11 is 0. The summed E-state index contributed by atoms with van der Waals surface area (Å²) in [5.74, 6) is 3.36. The van der Waals surface area contributed by atoms with Crippen molar-refractivity contribution in [2.45, 2.75) is 37.5 Å². The standard InChI is InChI=1S/C24H21N5O2/c30-23(19-20(14-6-7-14)31-24(26-19)17-4-2-1-3-5-17)25-18-12-10-16(11-13-18)22-27-21(28-29-22)15-8-9-15/h1-5,10-15H,6-9H2,(H,25,30)(H,27,28,29). The Morgan fingerprint density at radius 2 is 1.65 bits per heavy atom. The first-order chi connectivity index (χ1) is 15.2. The van der Waals surface area contributed by atoms with Crippen molar-refractivity contribution in [3.05, 3.63) is 71.9 Å². The van der Waals surface area contributed by atoms with E-state index in [0.717, 1.165) is 29.8 Å². The Morgan fingerprint density at radius 3 is 2.35 bits per heavy atom. The summed E-state index contributed by atoms with van der Waals surface area (Å²) in [7, 11) is 0. The molecular formula is C24H21N5O2. The van der Waals surface area contributed by atoms with Crippen molar-refractivity contribution < 1.29 is 9.21 Å². The SMILES string of the molecule is O=C(Nc1ccc(-c2n[nH]c(C3CC3)n2)cc1)c1nc(-c2ccccc2)oc1C1CC1. The van der Waals surface area contributed by atoms with Crippen LogP contribution in [0.2, 0.25) is 0 Å². The van der Waals surface area contributed by atoms with E-state index in [1.807, 2.05) is 54.6 Å². The van der Waals surface area contributed by atoms with E-state index < -0.39 is 0 Å². The number of rotatable bonds is 6. The lowest BCUT2D eigenvalue weighted by atomic mass is 10.2. The highest BCUT2D eigenvalue weighted by atomic mass is 16.4. The van der Waals surface area contributed by atoms with E-state index in [4.69, 9.17) is 4.42 Å². The van der Waals surface area contributed by atoms with Crippen LogP contribution in [0.3, 0.4) is 0 Å². The van der Waals surface area contributed by atoms with Crippen molar-refractivity contribution in [2.24, 2.45) is 0 Å². The average Bonchev–Trinajstić information content (AvgIpc) is 3.74. The lowest BCUT2D eigenvalue weighted by Crippen LogP contribution is -2.14. The summed E-state index contributed by atoms with van der Waals surface area (Å²) in [6.45, 7) is 0. The van der Waals surface area contributed by atoms with Crippen LogP contribution in [-0.2, 0) is 0 Å². The molecule has 0 radical (unpaired) electrons. The monoisotopic (exact) mass is 411 g/mol. The van der Waals surface area contributed by atoms with Gasteiger partial charge < -0.3 is 9.73 Å². The number of nitrogens with zero attached hydrogens (tertiary/aromatic N) is 3. The predicted octanol–water partition coefficient (Wildman–Crippen LogP) is 5.13. The van der Waals surface area contributed by atoms with Crippen LogP contribution in [-0.4, -0.2) is 26.1 Å². The molecule has 1 amide bonds. The number of aromatic nitrogens is 4. The van der Waals surface area contributed by atoms with Crippen LogP contribution in [0.1, 0.15) is 59.6 Å². The second-order valence-electron chi connectivity index (χ2n) is 8.22. The van der Waals surface area contributed by atoms with Crippen molar-refractivity contribution in [3.63, 3.8) is 0 Å². The lowest BCUT2D eigenvalue weighted by molar-refractivity contribution is 0.102. The highest BCUT2D eigenvalue weighted by Crippen LogP contribution is 2.43. The zero-order valence-corrected chi connectivity index (χ0v) is 16.8. The fourth-order valence-electron chi connectivity index (χ4n) is 3.66. The summed E-state index contributed by atoms with van der Waals surface area (Å²) in [5.41, 5.74) is 2.84. The Balaban J connectivity index is 1.22. The molecule has 4 aromatic rings. The molecule has 2 fully saturated rings. The van der Waals surface area contributed by atoms with E-state index >= 15 is 0 Å². The molecule has 7 nitrogen and oxygen atoms in total. The Morgan fingerprint density at radius 1 is 0.903 bits per heavy atom. The third-order valence-electron chi connectivity index (χ3n) is 5.71. The number of nitrogens with one attached hydrogen (secondary N) is 2. The number of anilines is 1. The van der Waals surface area contributed by atoms with Crippen LogP contribution in [0.25, 0.3) is 22.8 Å². The van der Waals surface area contributed by atoms with Gasteiger partial charge >= 0.3 is 0 Å². The van der Waals surface area contributed by atoms with Crippen LogP contribution >= 0.6 is 0 Å². The summed E-state index contributed by atoms with van der Waals surface area (Å²) in [4.78, 5) is 22.1. The molecule has 0 aliphatic heterocycles. The first-order valence-corrected chi connectivity index (χ1v) is 10.6. The van der Waals surface area contributed by atoms with Crippen molar-refractivity contribution in [1.82, 2.24) is 20.2 Å². The molecular weight excluding hydrogens is 390 g/mol. The van der Waals surface area contributed by atoms with E-state index in [2.05, 4.69) is 25.5 Å². The highest BCUT2D eigenvalue weighted by molar-refractivity contribution is 6.04. The van der Waals surface area contributed by atoms with Crippen LogP contribution in [0, 0.1) is 0 Å². The van der Waals surface area contributed by atoms with Gasteiger partial charge in [0.25, 0.3) is 5.91 Å². The van der Waals surface area contributed by atoms with Gasteiger partial charge in [-0.15, -0.1) is 0 Å². The molecule has 154 valence electrons. The number of carbonyl (C=O) groups excluding carboxylic acids is 1. The maximum atomic E-state index is 13.0. The van der Waals surface area contributed by atoms with E-state index in [1.165, 1.54) is 12.8 Å². The van der Waals surface area contributed by atoms with Gasteiger partial charge in [-0.1, -0.05) is 18.2 Å². The zero-order chi connectivity index (χ0) is 20.8. The Hall–Kier alpha value is -3.74. The number of H-pyrrole nitrogens is 1. The molecule has 0 atom stereocenters. The third-order valence-corrected chi connectivity index (χ3v) is 5.71. The van der Waals surface area contributed by atoms with Gasteiger partial charge in [0.05, 0.1) is 0 Å². The van der Waals surface area contributed by atoms with Gasteiger partial charge in [-0.25, -0.2) is 9.97 Å². The first-order valence-electron chi connectivity index (χ1n) is 10.6. The van der Waals surface area contributed by atoms with Gasteiger partial charge in [0.15, 0.2) is 11.5 Å². The van der Waals surface area contributed by atoms with E-state index in [9.17, 15) is 4.79 Å². The van der Waals surface area contributed by atoms with Gasteiger partial charge in [-0.05, 0) is 62.1 Å². The number of hydrogen-bond acceptors (Lipinski definition) is 5. The van der Waals surface area contributed by atoms with Crippen LogP contribution in [0.4, 0.5) is 5.69 Å². The Kier molecular flexibility index (Phi) is 4.19.